The van der Waals surface area contributed by atoms with Crippen LogP contribution >= 0.6 is 0 Å². The maximum absolute atomic E-state index is 15.2. The van der Waals surface area contributed by atoms with Crippen molar-refractivity contribution in [1.82, 2.24) is 30.0 Å². The number of nitrogens with one attached hydrogen (secondary N) is 1. The van der Waals surface area contributed by atoms with Crippen LogP contribution in [0.1, 0.15) is 26.2 Å². The van der Waals surface area contributed by atoms with Crippen molar-refractivity contribution in [2.75, 3.05) is 11.9 Å². The highest BCUT2D eigenvalue weighted by molar-refractivity contribution is 5.66. The Morgan fingerprint density at radius 2 is 2.20 bits per heavy atom. The molecule has 8 nitrogen and oxygen atoms in total. The van der Waals surface area contributed by atoms with E-state index in [0.29, 0.717) is 23.2 Å². The fourth-order valence-corrected chi connectivity index (χ4v) is 4.67. The van der Waals surface area contributed by atoms with E-state index in [4.69, 9.17) is 0 Å². The lowest BCUT2D eigenvalue weighted by Gasteiger charge is -2.43. The molecule has 0 radical (unpaired) electrons. The number of phenols is 1. The van der Waals surface area contributed by atoms with E-state index in [1.165, 1.54) is 0 Å². The number of aromatic nitrogens is 5. The average molecular weight is 409 g/mol. The van der Waals surface area contributed by atoms with E-state index >= 15 is 4.39 Å². The molecule has 9 heteroatoms. The molecule has 5 rings (SSSR count). The average Bonchev–Trinajstić information content (AvgIpc) is 3.40. The van der Waals surface area contributed by atoms with E-state index in [0.717, 1.165) is 24.9 Å². The maximum Gasteiger partial charge on any atom is 0.185 e. The Balaban J connectivity index is 1.37. The molecule has 0 saturated carbocycles. The first-order valence-electron chi connectivity index (χ1n) is 10.1. The lowest BCUT2D eigenvalue weighted by molar-refractivity contribution is 0.111. The van der Waals surface area contributed by atoms with Crippen molar-refractivity contribution < 1.29 is 9.50 Å². The highest BCUT2D eigenvalue weighted by Gasteiger charge is 2.51. The minimum absolute atomic E-state index is 0.0516. The number of aromatic hydroxyl groups is 1. The number of imidazole rings is 1. The zero-order chi connectivity index (χ0) is 20.9. The summed E-state index contributed by atoms with van der Waals surface area (Å²) in [4.78, 5) is 10.2. The quantitative estimate of drug-likeness (QED) is 0.684. The summed E-state index contributed by atoms with van der Waals surface area (Å²) in [5.74, 6) is 0.887. The van der Waals surface area contributed by atoms with Crippen LogP contribution in [0, 0.1) is 0 Å². The Labute approximate surface area is 173 Å². The molecule has 4 heterocycles. The van der Waals surface area contributed by atoms with Crippen molar-refractivity contribution in [3.05, 3.63) is 43.1 Å². The number of nitrogens with zero attached hydrogens (tertiary/aromatic N) is 6. The van der Waals surface area contributed by atoms with E-state index in [1.807, 2.05) is 24.9 Å². The van der Waals surface area contributed by atoms with Gasteiger partial charge in [-0.2, -0.15) is 0 Å². The minimum atomic E-state index is -0.998. The highest BCUT2D eigenvalue weighted by atomic mass is 19.1. The van der Waals surface area contributed by atoms with Crippen LogP contribution in [-0.4, -0.2) is 60.7 Å². The topological polar surface area (TPSA) is 92.0 Å². The lowest BCUT2D eigenvalue weighted by atomic mass is 9.86. The van der Waals surface area contributed by atoms with Crippen LogP contribution in [0.3, 0.4) is 0 Å². The van der Waals surface area contributed by atoms with Gasteiger partial charge in [-0.15, -0.1) is 10.2 Å². The molecule has 1 aromatic carbocycles. The molecule has 156 valence electrons. The summed E-state index contributed by atoms with van der Waals surface area (Å²) in [6.07, 6.45) is 8.29. The Hall–Kier alpha value is -3.07. The normalized spacial score (nSPS) is 27.9. The Kier molecular flexibility index (Phi) is 4.43. The van der Waals surface area contributed by atoms with Gasteiger partial charge in [0.2, 0.25) is 0 Å². The first-order valence-corrected chi connectivity index (χ1v) is 10.1. The van der Waals surface area contributed by atoms with Crippen molar-refractivity contribution in [2.24, 2.45) is 0 Å². The number of rotatable bonds is 4. The summed E-state index contributed by atoms with van der Waals surface area (Å²) in [7, 11) is 1.84. The molecule has 2 bridgehead atoms. The minimum Gasteiger partial charge on any atom is -0.507 e. The summed E-state index contributed by atoms with van der Waals surface area (Å²) in [6, 6.07) is 5.28. The van der Waals surface area contributed by atoms with Crippen molar-refractivity contribution >= 4 is 5.82 Å². The summed E-state index contributed by atoms with van der Waals surface area (Å²) in [5, 5.41) is 22.3. The van der Waals surface area contributed by atoms with Gasteiger partial charge in [-0.05, 0) is 38.3 Å². The van der Waals surface area contributed by atoms with Crippen molar-refractivity contribution in [3.63, 3.8) is 0 Å². The van der Waals surface area contributed by atoms with Crippen molar-refractivity contribution in [1.29, 1.82) is 0 Å². The number of anilines is 1. The predicted octanol–water partition coefficient (Wildman–Crippen LogP) is 2.49. The maximum atomic E-state index is 15.2. The Morgan fingerprint density at radius 3 is 2.90 bits per heavy atom. The molecule has 1 unspecified atom stereocenters. The second kappa shape index (κ2) is 7.02. The largest absolute Gasteiger partial charge is 0.507 e. The summed E-state index contributed by atoms with van der Waals surface area (Å²) in [6.45, 7) is 1.96. The van der Waals surface area contributed by atoms with Crippen LogP contribution in [0.15, 0.2) is 43.1 Å². The number of phenolic OH excluding ortho intramolecular Hbond substituents is 1. The number of alkyl halides is 1. The van der Waals surface area contributed by atoms with Gasteiger partial charge in [0.05, 0.1) is 29.8 Å². The molecule has 2 fully saturated rings. The Morgan fingerprint density at radius 1 is 1.33 bits per heavy atom. The molecule has 2 aliphatic heterocycles. The predicted molar refractivity (Wildman–Crippen MR) is 110 cm³/mol. The number of fused-ring (bicyclic) bond motifs is 2. The molecule has 4 atom stereocenters. The van der Waals surface area contributed by atoms with E-state index in [-0.39, 0.29) is 11.8 Å². The smallest absolute Gasteiger partial charge is 0.185 e. The fourth-order valence-electron chi connectivity index (χ4n) is 4.67. The van der Waals surface area contributed by atoms with E-state index in [1.54, 1.807) is 41.6 Å². The monoisotopic (exact) mass is 409 g/mol. The van der Waals surface area contributed by atoms with Crippen LogP contribution in [0.25, 0.3) is 17.1 Å². The van der Waals surface area contributed by atoms with Gasteiger partial charge in [-0.1, -0.05) is 0 Å². The molecule has 2 aliphatic rings. The van der Waals surface area contributed by atoms with E-state index in [9.17, 15) is 5.11 Å². The van der Waals surface area contributed by atoms with Crippen LogP contribution in [0.2, 0.25) is 0 Å². The fraction of sp³-hybridized carbons (Fsp3) is 0.429. The first-order chi connectivity index (χ1) is 14.4. The lowest BCUT2D eigenvalue weighted by Crippen LogP contribution is -2.62. The number of benzene rings is 1. The Bertz CT molecular complexity index is 1040. The number of piperidine rings is 1. The highest BCUT2D eigenvalue weighted by Crippen LogP contribution is 2.40. The number of hydrogen-bond acceptors (Lipinski definition) is 7. The molecular weight excluding hydrogens is 385 g/mol. The van der Waals surface area contributed by atoms with Crippen molar-refractivity contribution in [2.45, 2.75) is 50.0 Å². The molecule has 2 saturated heterocycles. The van der Waals surface area contributed by atoms with Gasteiger partial charge in [0.15, 0.2) is 11.6 Å². The summed E-state index contributed by atoms with van der Waals surface area (Å²) >= 11 is 0. The zero-order valence-electron chi connectivity index (χ0n) is 16.9. The molecule has 0 spiro atoms. The van der Waals surface area contributed by atoms with Gasteiger partial charge in [-0.3, -0.25) is 0 Å². The van der Waals surface area contributed by atoms with Crippen LogP contribution in [0.4, 0.5) is 10.2 Å². The number of hydrogen-bond donors (Lipinski definition) is 2. The molecule has 3 aromatic rings. The zero-order valence-corrected chi connectivity index (χ0v) is 16.9. The SMILES string of the molecule is CN(c1cnc(-c2ccc(-n3ccnc3)cc2O)nn1)[C@@H]1CC2CC[C@](C)(N2)[C@@H]1F. The van der Waals surface area contributed by atoms with Gasteiger partial charge in [0.25, 0.3) is 0 Å². The van der Waals surface area contributed by atoms with Gasteiger partial charge in [0, 0.05) is 37.1 Å². The van der Waals surface area contributed by atoms with Crippen molar-refractivity contribution in [3.8, 4) is 22.8 Å². The first kappa shape index (κ1) is 18.9. The van der Waals surface area contributed by atoms with E-state index in [2.05, 4.69) is 25.5 Å². The van der Waals surface area contributed by atoms with Crippen LogP contribution in [-0.2, 0) is 0 Å². The van der Waals surface area contributed by atoms with E-state index < -0.39 is 11.7 Å². The van der Waals surface area contributed by atoms with Crippen LogP contribution < -0.4 is 10.2 Å². The van der Waals surface area contributed by atoms with Crippen LogP contribution in [0.5, 0.6) is 5.75 Å². The molecule has 0 amide bonds. The third kappa shape index (κ3) is 3.09. The molecule has 0 aliphatic carbocycles. The second-order valence-corrected chi connectivity index (χ2v) is 8.42. The van der Waals surface area contributed by atoms with Gasteiger partial charge in [0.1, 0.15) is 11.9 Å². The summed E-state index contributed by atoms with van der Waals surface area (Å²) in [5.41, 5.74) is 0.781. The van der Waals surface area contributed by atoms with Gasteiger partial charge < -0.3 is 19.9 Å². The molecule has 30 heavy (non-hydrogen) atoms. The second-order valence-electron chi connectivity index (χ2n) is 8.42. The third-order valence-electron chi connectivity index (χ3n) is 6.45. The third-order valence-corrected chi connectivity index (χ3v) is 6.45. The molecule has 2 aromatic heterocycles. The standard InChI is InChI=1S/C21H24FN7O/c1-21-6-5-13(25-21)9-16(19(21)22)28(2)18-11-24-20(27-26-18)15-4-3-14(10-17(15)30)29-8-7-23-12-29/h3-4,7-8,10-13,16,19,25,30H,5-6,9H2,1-2H3/t13?,16-,19-,21+/m1/s1. The van der Waals surface area contributed by atoms with Gasteiger partial charge >= 0.3 is 0 Å². The number of halogens is 1. The van der Waals surface area contributed by atoms with Gasteiger partial charge in [-0.25, -0.2) is 14.4 Å². The summed E-state index contributed by atoms with van der Waals surface area (Å²) < 4.78 is 17.0. The molecular formula is C21H24FN7O. The molecule has 2 N–H and O–H groups in total.